The molecule has 0 saturated heterocycles. The summed E-state index contributed by atoms with van der Waals surface area (Å²) in [6.45, 7) is 2.58. The lowest BCUT2D eigenvalue weighted by molar-refractivity contribution is 0.0940. The predicted octanol–water partition coefficient (Wildman–Crippen LogP) is 4.08. The number of benzene rings is 2. The van der Waals surface area contributed by atoms with Crippen LogP contribution < -0.4 is 5.32 Å². The zero-order valence-electron chi connectivity index (χ0n) is 13.3. The van der Waals surface area contributed by atoms with Gasteiger partial charge in [-0.2, -0.15) is 5.10 Å². The fourth-order valence-electron chi connectivity index (χ4n) is 2.45. The van der Waals surface area contributed by atoms with Gasteiger partial charge in [0.2, 0.25) is 0 Å². The van der Waals surface area contributed by atoms with Crippen LogP contribution in [0.25, 0.3) is 0 Å². The highest BCUT2D eigenvalue weighted by atomic mass is 35.5. The van der Waals surface area contributed by atoms with E-state index >= 15 is 0 Å². The molecule has 2 aromatic carbocycles. The van der Waals surface area contributed by atoms with E-state index in [4.69, 9.17) is 11.6 Å². The smallest absolute Gasteiger partial charge is 0.254 e. The number of halogens is 1. The molecule has 0 radical (unpaired) electrons. The van der Waals surface area contributed by atoms with Gasteiger partial charge in [-0.15, -0.1) is 0 Å². The topological polar surface area (TPSA) is 46.9 Å². The molecular weight excluding hydrogens is 322 g/mol. The first-order valence-electron chi connectivity index (χ1n) is 7.74. The highest BCUT2D eigenvalue weighted by Gasteiger charge is 2.13. The van der Waals surface area contributed by atoms with Crippen molar-refractivity contribution in [1.29, 1.82) is 0 Å². The van der Waals surface area contributed by atoms with Gasteiger partial charge in [-0.25, -0.2) is 0 Å². The number of carbonyl (C=O) groups is 1. The molecule has 1 atom stereocenters. The minimum absolute atomic E-state index is 0.104. The Morgan fingerprint density at radius 1 is 1.17 bits per heavy atom. The Balaban J connectivity index is 1.64. The SMILES string of the molecule is C[C@@H](NC(=O)c1cnn(Cc2ccccc2)c1)c1ccc(Cl)cc1. The third kappa shape index (κ3) is 4.03. The van der Waals surface area contributed by atoms with Gasteiger partial charge in [0.25, 0.3) is 5.91 Å². The van der Waals surface area contributed by atoms with Gasteiger partial charge >= 0.3 is 0 Å². The molecule has 0 bridgehead atoms. The molecule has 1 heterocycles. The lowest BCUT2D eigenvalue weighted by Gasteiger charge is -2.13. The van der Waals surface area contributed by atoms with E-state index in [2.05, 4.69) is 10.4 Å². The second-order valence-electron chi connectivity index (χ2n) is 5.66. The number of rotatable bonds is 5. The number of aromatic nitrogens is 2. The number of hydrogen-bond donors (Lipinski definition) is 1. The van der Waals surface area contributed by atoms with Crippen molar-refractivity contribution >= 4 is 17.5 Å². The number of carbonyl (C=O) groups excluding carboxylic acids is 1. The van der Waals surface area contributed by atoms with E-state index in [1.165, 1.54) is 0 Å². The van der Waals surface area contributed by atoms with Crippen LogP contribution in [0.3, 0.4) is 0 Å². The van der Waals surface area contributed by atoms with Gasteiger partial charge in [-0.1, -0.05) is 54.1 Å². The molecule has 0 fully saturated rings. The molecule has 122 valence electrons. The van der Waals surface area contributed by atoms with Crippen molar-refractivity contribution in [2.24, 2.45) is 0 Å². The molecule has 1 amide bonds. The van der Waals surface area contributed by atoms with E-state index in [1.807, 2.05) is 61.5 Å². The number of hydrogen-bond acceptors (Lipinski definition) is 2. The van der Waals surface area contributed by atoms with Gasteiger partial charge in [0.15, 0.2) is 0 Å². The molecule has 0 aliphatic rings. The monoisotopic (exact) mass is 339 g/mol. The van der Waals surface area contributed by atoms with Crippen LogP contribution in [-0.4, -0.2) is 15.7 Å². The fraction of sp³-hybridized carbons (Fsp3) is 0.158. The van der Waals surface area contributed by atoms with Crippen LogP contribution in [0.15, 0.2) is 67.0 Å². The first-order chi connectivity index (χ1) is 11.6. The summed E-state index contributed by atoms with van der Waals surface area (Å²) in [6, 6.07) is 17.4. The van der Waals surface area contributed by atoms with Crippen LogP contribution in [-0.2, 0) is 6.54 Å². The van der Waals surface area contributed by atoms with Crippen LogP contribution in [0.2, 0.25) is 5.02 Å². The Hall–Kier alpha value is -2.59. The quantitative estimate of drug-likeness (QED) is 0.761. The molecular formula is C19H18ClN3O. The molecule has 4 nitrogen and oxygen atoms in total. The Kier molecular flexibility index (Phi) is 4.96. The number of nitrogens with one attached hydrogen (secondary N) is 1. The molecule has 0 unspecified atom stereocenters. The molecule has 3 aromatic rings. The highest BCUT2D eigenvalue weighted by molar-refractivity contribution is 6.30. The van der Waals surface area contributed by atoms with Gasteiger partial charge in [0, 0.05) is 11.2 Å². The summed E-state index contributed by atoms with van der Waals surface area (Å²) >= 11 is 5.89. The van der Waals surface area contributed by atoms with Gasteiger partial charge < -0.3 is 5.32 Å². The van der Waals surface area contributed by atoms with Gasteiger partial charge in [0.05, 0.1) is 24.3 Å². The van der Waals surface area contributed by atoms with Crippen LogP contribution in [0.5, 0.6) is 0 Å². The average molecular weight is 340 g/mol. The summed E-state index contributed by atoms with van der Waals surface area (Å²) in [7, 11) is 0. The van der Waals surface area contributed by atoms with Crippen LogP contribution in [0, 0.1) is 0 Å². The number of nitrogens with zero attached hydrogens (tertiary/aromatic N) is 2. The lowest BCUT2D eigenvalue weighted by Crippen LogP contribution is -2.26. The van der Waals surface area contributed by atoms with Gasteiger partial charge in [0.1, 0.15) is 0 Å². The zero-order valence-corrected chi connectivity index (χ0v) is 14.1. The summed E-state index contributed by atoms with van der Waals surface area (Å²) in [6.07, 6.45) is 3.35. The summed E-state index contributed by atoms with van der Waals surface area (Å²) in [5, 5.41) is 7.92. The maximum atomic E-state index is 12.4. The van der Waals surface area contributed by atoms with Crippen molar-refractivity contribution in [3.8, 4) is 0 Å². The van der Waals surface area contributed by atoms with Crippen molar-refractivity contribution < 1.29 is 4.79 Å². The van der Waals surface area contributed by atoms with Crippen molar-refractivity contribution in [3.05, 3.63) is 88.7 Å². The van der Waals surface area contributed by atoms with E-state index in [0.29, 0.717) is 17.1 Å². The molecule has 3 rings (SSSR count). The normalized spacial score (nSPS) is 11.9. The van der Waals surface area contributed by atoms with Crippen LogP contribution in [0.1, 0.15) is 34.5 Å². The van der Waals surface area contributed by atoms with Crippen LogP contribution in [0.4, 0.5) is 0 Å². The molecule has 0 aliphatic heterocycles. The van der Waals surface area contributed by atoms with Crippen molar-refractivity contribution in [2.45, 2.75) is 19.5 Å². The van der Waals surface area contributed by atoms with Crippen molar-refractivity contribution in [2.75, 3.05) is 0 Å². The van der Waals surface area contributed by atoms with E-state index in [1.54, 1.807) is 17.1 Å². The summed E-state index contributed by atoms with van der Waals surface area (Å²) in [4.78, 5) is 12.4. The second kappa shape index (κ2) is 7.32. The minimum Gasteiger partial charge on any atom is -0.345 e. The Morgan fingerprint density at radius 3 is 2.58 bits per heavy atom. The minimum atomic E-state index is -0.142. The van der Waals surface area contributed by atoms with Crippen LogP contribution >= 0.6 is 11.6 Å². The van der Waals surface area contributed by atoms with Gasteiger partial charge in [-0.3, -0.25) is 9.48 Å². The number of amides is 1. The van der Waals surface area contributed by atoms with E-state index in [-0.39, 0.29) is 11.9 Å². The highest BCUT2D eigenvalue weighted by Crippen LogP contribution is 2.16. The zero-order chi connectivity index (χ0) is 16.9. The van der Waals surface area contributed by atoms with Gasteiger partial charge in [-0.05, 0) is 30.2 Å². The third-order valence-electron chi connectivity index (χ3n) is 3.80. The first-order valence-corrected chi connectivity index (χ1v) is 8.12. The maximum Gasteiger partial charge on any atom is 0.254 e. The molecule has 1 N–H and O–H groups in total. The fourth-order valence-corrected chi connectivity index (χ4v) is 2.58. The standard InChI is InChI=1S/C19H18ClN3O/c1-14(16-7-9-18(20)10-8-16)22-19(24)17-11-21-23(13-17)12-15-5-3-2-4-6-15/h2-11,13-14H,12H2,1H3,(H,22,24)/t14-/m1/s1. The van der Waals surface area contributed by atoms with Crippen molar-refractivity contribution in [1.82, 2.24) is 15.1 Å². The Labute approximate surface area is 146 Å². The average Bonchev–Trinajstić information content (AvgIpc) is 3.05. The van der Waals surface area contributed by atoms with Crippen molar-refractivity contribution in [3.63, 3.8) is 0 Å². The molecule has 0 spiro atoms. The largest absolute Gasteiger partial charge is 0.345 e. The maximum absolute atomic E-state index is 12.4. The Bertz CT molecular complexity index is 812. The first kappa shape index (κ1) is 16.3. The summed E-state index contributed by atoms with van der Waals surface area (Å²) in [5.74, 6) is -0.142. The Morgan fingerprint density at radius 2 is 1.88 bits per heavy atom. The second-order valence-corrected chi connectivity index (χ2v) is 6.10. The lowest BCUT2D eigenvalue weighted by atomic mass is 10.1. The summed E-state index contributed by atoms with van der Waals surface area (Å²) in [5.41, 5.74) is 2.69. The molecule has 0 aliphatic carbocycles. The molecule has 5 heteroatoms. The predicted molar refractivity (Wildman–Crippen MR) is 95.1 cm³/mol. The third-order valence-corrected chi connectivity index (χ3v) is 4.05. The van der Waals surface area contributed by atoms with E-state index in [0.717, 1.165) is 11.1 Å². The molecule has 0 saturated carbocycles. The van der Waals surface area contributed by atoms with E-state index in [9.17, 15) is 4.79 Å². The summed E-state index contributed by atoms with van der Waals surface area (Å²) < 4.78 is 1.76. The molecule has 1 aromatic heterocycles. The molecule has 24 heavy (non-hydrogen) atoms. The van der Waals surface area contributed by atoms with E-state index < -0.39 is 0 Å².